The molecule has 2 N–H and O–H groups in total. The highest BCUT2D eigenvalue weighted by Gasteiger charge is 2.14. The van der Waals surface area contributed by atoms with Crippen LogP contribution in [0.4, 0.5) is 0 Å². The zero-order valence-electron chi connectivity index (χ0n) is 8.04. The highest BCUT2D eigenvalue weighted by molar-refractivity contribution is 7.98. The number of nitrogens with zero attached hydrogens (tertiary/aromatic N) is 1. The number of amides is 1. The third-order valence-corrected chi connectivity index (χ3v) is 2.37. The van der Waals surface area contributed by atoms with E-state index in [4.69, 9.17) is 5.73 Å². The maximum Gasteiger partial charge on any atom is 0.226 e. The molecule has 12 heavy (non-hydrogen) atoms. The molecule has 1 atom stereocenters. The minimum absolute atomic E-state index is 0.0446. The van der Waals surface area contributed by atoms with Crippen LogP contribution in [0.25, 0.3) is 0 Å². The molecule has 0 radical (unpaired) electrons. The van der Waals surface area contributed by atoms with Crippen LogP contribution < -0.4 is 5.73 Å². The molecule has 72 valence electrons. The van der Waals surface area contributed by atoms with Gasteiger partial charge in [0.2, 0.25) is 5.91 Å². The Hall–Kier alpha value is -0.220. The molecule has 0 aliphatic heterocycles. The second kappa shape index (κ2) is 6.31. The van der Waals surface area contributed by atoms with Gasteiger partial charge in [0.05, 0.1) is 0 Å². The molecule has 3 nitrogen and oxygen atoms in total. The number of hydrogen-bond donors (Lipinski definition) is 1. The molecule has 0 saturated heterocycles. The van der Waals surface area contributed by atoms with Crippen molar-refractivity contribution in [3.05, 3.63) is 0 Å². The van der Waals surface area contributed by atoms with E-state index in [-0.39, 0.29) is 11.8 Å². The van der Waals surface area contributed by atoms with Crippen LogP contribution in [0.1, 0.15) is 6.92 Å². The summed E-state index contributed by atoms with van der Waals surface area (Å²) < 4.78 is 0. The summed E-state index contributed by atoms with van der Waals surface area (Å²) in [5, 5.41) is 0. The van der Waals surface area contributed by atoms with E-state index in [1.54, 1.807) is 16.7 Å². The second-order valence-electron chi connectivity index (χ2n) is 2.89. The van der Waals surface area contributed by atoms with Crippen molar-refractivity contribution in [1.82, 2.24) is 4.90 Å². The molecular formula is C8H18N2OS. The van der Waals surface area contributed by atoms with Crippen LogP contribution in [0.2, 0.25) is 0 Å². The largest absolute Gasteiger partial charge is 0.345 e. The molecule has 1 amide bonds. The Labute approximate surface area is 78.7 Å². The molecule has 0 aromatic carbocycles. The topological polar surface area (TPSA) is 46.3 Å². The van der Waals surface area contributed by atoms with Crippen LogP contribution in [-0.2, 0) is 4.79 Å². The molecule has 4 heteroatoms. The molecule has 0 bridgehead atoms. The first-order chi connectivity index (χ1) is 5.63. The van der Waals surface area contributed by atoms with Gasteiger partial charge in [0.25, 0.3) is 0 Å². The SMILES string of the molecule is CSCCN(C)C(=O)C(C)CN. The number of hydrogen-bond acceptors (Lipinski definition) is 3. The van der Waals surface area contributed by atoms with E-state index in [0.29, 0.717) is 6.54 Å². The third-order valence-electron chi connectivity index (χ3n) is 1.78. The summed E-state index contributed by atoms with van der Waals surface area (Å²) in [6, 6.07) is 0. The summed E-state index contributed by atoms with van der Waals surface area (Å²) in [6.45, 7) is 3.10. The van der Waals surface area contributed by atoms with Gasteiger partial charge in [-0.25, -0.2) is 0 Å². The Morgan fingerprint density at radius 2 is 2.25 bits per heavy atom. The van der Waals surface area contributed by atoms with Crippen molar-refractivity contribution in [1.29, 1.82) is 0 Å². The lowest BCUT2D eigenvalue weighted by molar-refractivity contribution is -0.133. The number of thioether (sulfide) groups is 1. The average Bonchev–Trinajstić information content (AvgIpc) is 2.11. The average molecular weight is 190 g/mol. The lowest BCUT2D eigenvalue weighted by Crippen LogP contribution is -2.36. The van der Waals surface area contributed by atoms with Crippen molar-refractivity contribution in [2.45, 2.75) is 6.92 Å². The van der Waals surface area contributed by atoms with E-state index in [9.17, 15) is 4.79 Å². The summed E-state index contributed by atoms with van der Waals surface area (Å²) in [5.41, 5.74) is 5.39. The molecule has 1 unspecified atom stereocenters. The molecule has 0 aromatic heterocycles. The molecule has 0 rings (SSSR count). The number of carbonyl (C=O) groups is 1. The van der Waals surface area contributed by atoms with Crippen LogP contribution in [-0.4, -0.2) is 43.0 Å². The van der Waals surface area contributed by atoms with Crippen molar-refractivity contribution >= 4 is 17.7 Å². The fourth-order valence-electron chi connectivity index (χ4n) is 0.815. The van der Waals surface area contributed by atoms with Gasteiger partial charge in [0.15, 0.2) is 0 Å². The molecule has 0 spiro atoms. The van der Waals surface area contributed by atoms with Crippen molar-refractivity contribution < 1.29 is 4.79 Å². The molecule has 0 fully saturated rings. The van der Waals surface area contributed by atoms with E-state index in [1.165, 1.54) is 0 Å². The van der Waals surface area contributed by atoms with Gasteiger partial charge >= 0.3 is 0 Å². The summed E-state index contributed by atoms with van der Waals surface area (Å²) in [4.78, 5) is 13.2. The summed E-state index contributed by atoms with van der Waals surface area (Å²) in [5.74, 6) is 1.09. The van der Waals surface area contributed by atoms with Crippen molar-refractivity contribution in [3.8, 4) is 0 Å². The molecule has 0 heterocycles. The molecule has 0 aliphatic carbocycles. The van der Waals surface area contributed by atoms with Gasteiger partial charge in [0, 0.05) is 31.8 Å². The van der Waals surface area contributed by atoms with Crippen LogP contribution in [0, 0.1) is 5.92 Å². The zero-order chi connectivity index (χ0) is 9.56. The van der Waals surface area contributed by atoms with E-state index in [0.717, 1.165) is 12.3 Å². The number of carbonyl (C=O) groups excluding carboxylic acids is 1. The Balaban J connectivity index is 3.75. The summed E-state index contributed by atoms with van der Waals surface area (Å²) >= 11 is 1.74. The fourth-order valence-corrected chi connectivity index (χ4v) is 1.27. The summed E-state index contributed by atoms with van der Waals surface area (Å²) in [7, 11) is 1.82. The van der Waals surface area contributed by atoms with Crippen molar-refractivity contribution in [2.75, 3.05) is 32.1 Å². The summed E-state index contributed by atoms with van der Waals surface area (Å²) in [6.07, 6.45) is 2.03. The lowest BCUT2D eigenvalue weighted by Gasteiger charge is -2.19. The first kappa shape index (κ1) is 11.8. The second-order valence-corrected chi connectivity index (χ2v) is 3.87. The van der Waals surface area contributed by atoms with E-state index in [2.05, 4.69) is 0 Å². The van der Waals surface area contributed by atoms with Gasteiger partial charge < -0.3 is 10.6 Å². The Morgan fingerprint density at radius 3 is 2.67 bits per heavy atom. The highest BCUT2D eigenvalue weighted by atomic mass is 32.2. The maximum atomic E-state index is 11.4. The smallest absolute Gasteiger partial charge is 0.226 e. The predicted molar refractivity (Wildman–Crippen MR) is 54.2 cm³/mol. The van der Waals surface area contributed by atoms with Gasteiger partial charge in [0.1, 0.15) is 0 Å². The van der Waals surface area contributed by atoms with Gasteiger partial charge in [-0.1, -0.05) is 6.92 Å². The van der Waals surface area contributed by atoms with Gasteiger partial charge in [-0.05, 0) is 6.26 Å². The predicted octanol–water partition coefficient (Wildman–Crippen LogP) is 0.403. The van der Waals surface area contributed by atoms with E-state index < -0.39 is 0 Å². The monoisotopic (exact) mass is 190 g/mol. The van der Waals surface area contributed by atoms with E-state index >= 15 is 0 Å². The Morgan fingerprint density at radius 1 is 1.67 bits per heavy atom. The van der Waals surface area contributed by atoms with Crippen LogP contribution in [0.5, 0.6) is 0 Å². The molecule has 0 aromatic rings. The fraction of sp³-hybridized carbons (Fsp3) is 0.875. The van der Waals surface area contributed by atoms with Gasteiger partial charge in [-0.15, -0.1) is 0 Å². The first-order valence-electron chi connectivity index (χ1n) is 4.07. The van der Waals surface area contributed by atoms with Crippen LogP contribution in [0.3, 0.4) is 0 Å². The minimum Gasteiger partial charge on any atom is -0.345 e. The van der Waals surface area contributed by atoms with Gasteiger partial charge in [-0.2, -0.15) is 11.8 Å². The quantitative estimate of drug-likeness (QED) is 0.682. The lowest BCUT2D eigenvalue weighted by atomic mass is 10.1. The number of nitrogens with two attached hydrogens (primary N) is 1. The van der Waals surface area contributed by atoms with Gasteiger partial charge in [-0.3, -0.25) is 4.79 Å². The van der Waals surface area contributed by atoms with Crippen molar-refractivity contribution in [2.24, 2.45) is 11.7 Å². The Bertz CT molecular complexity index is 141. The molecule has 0 saturated carbocycles. The standard InChI is InChI=1S/C8H18N2OS/c1-7(6-9)8(11)10(2)4-5-12-3/h7H,4-6,9H2,1-3H3. The zero-order valence-corrected chi connectivity index (χ0v) is 8.86. The Kier molecular flexibility index (Phi) is 6.20. The maximum absolute atomic E-state index is 11.4. The molecular weight excluding hydrogens is 172 g/mol. The third kappa shape index (κ3) is 3.97. The van der Waals surface area contributed by atoms with E-state index in [1.807, 2.05) is 20.2 Å². The number of rotatable bonds is 5. The molecule has 0 aliphatic rings. The van der Waals surface area contributed by atoms with Crippen LogP contribution in [0.15, 0.2) is 0 Å². The normalized spacial score (nSPS) is 12.7. The minimum atomic E-state index is -0.0446. The highest BCUT2D eigenvalue weighted by Crippen LogP contribution is 2.00. The van der Waals surface area contributed by atoms with Crippen molar-refractivity contribution in [3.63, 3.8) is 0 Å². The van der Waals surface area contributed by atoms with Crippen LogP contribution >= 0.6 is 11.8 Å². The first-order valence-corrected chi connectivity index (χ1v) is 5.46.